The predicted molar refractivity (Wildman–Crippen MR) is 100 cm³/mol. The molecule has 0 aliphatic rings. The summed E-state index contributed by atoms with van der Waals surface area (Å²) in [6.45, 7) is 6.69. The van der Waals surface area contributed by atoms with Gasteiger partial charge >= 0.3 is 0 Å². The smallest absolute Gasteiger partial charge is 0.241 e. The van der Waals surface area contributed by atoms with Crippen LogP contribution < -0.4 is 14.8 Å². The number of carbonyl (C=O) groups excluding carboxylic acids is 1. The van der Waals surface area contributed by atoms with Crippen molar-refractivity contribution in [2.24, 2.45) is 0 Å². The predicted octanol–water partition coefficient (Wildman–Crippen LogP) is 3.42. The number of nitrogens with zero attached hydrogens (tertiary/aromatic N) is 1. The van der Waals surface area contributed by atoms with Gasteiger partial charge in [-0.25, -0.2) is 0 Å². The molecule has 134 valence electrons. The Morgan fingerprint density at radius 3 is 2.00 bits per heavy atom. The van der Waals surface area contributed by atoms with Crippen LogP contribution in [0, 0.1) is 0 Å². The Morgan fingerprint density at radius 2 is 1.44 bits per heavy atom. The molecule has 5 nitrogen and oxygen atoms in total. The number of carbonyl (C=O) groups is 1. The van der Waals surface area contributed by atoms with Crippen LogP contribution in [0.3, 0.4) is 0 Å². The number of amides is 1. The van der Waals surface area contributed by atoms with Gasteiger partial charge in [0.15, 0.2) is 0 Å². The molecule has 0 unspecified atom stereocenters. The lowest BCUT2D eigenvalue weighted by atomic mass is 10.3. The summed E-state index contributed by atoms with van der Waals surface area (Å²) < 4.78 is 11.2. The van der Waals surface area contributed by atoms with E-state index in [2.05, 4.69) is 5.32 Å². The van der Waals surface area contributed by atoms with Crippen LogP contribution >= 0.6 is 0 Å². The Balaban J connectivity index is 1.70. The molecule has 0 saturated carbocycles. The molecule has 2 rings (SSSR count). The van der Waals surface area contributed by atoms with Crippen LogP contribution in [-0.2, 0) is 4.79 Å². The van der Waals surface area contributed by atoms with E-state index in [0.717, 1.165) is 30.3 Å². The summed E-state index contributed by atoms with van der Waals surface area (Å²) in [6.07, 6.45) is 0. The molecule has 0 radical (unpaired) electrons. The lowest BCUT2D eigenvalue weighted by molar-refractivity contribution is -0.128. The number of hydrogen-bond donors (Lipinski definition) is 1. The second kappa shape index (κ2) is 10.2. The molecule has 1 N–H and O–H groups in total. The van der Waals surface area contributed by atoms with Crippen LogP contribution in [0.5, 0.6) is 11.5 Å². The topological polar surface area (TPSA) is 50.8 Å². The van der Waals surface area contributed by atoms with E-state index in [1.54, 1.807) is 4.90 Å². The highest BCUT2D eigenvalue weighted by molar-refractivity contribution is 5.80. The van der Waals surface area contributed by atoms with Gasteiger partial charge in [0, 0.05) is 18.8 Å². The lowest BCUT2D eigenvalue weighted by Gasteiger charge is -2.19. The molecule has 0 fully saturated rings. The van der Waals surface area contributed by atoms with E-state index >= 15 is 0 Å². The van der Waals surface area contributed by atoms with Gasteiger partial charge in [0.1, 0.15) is 24.7 Å². The van der Waals surface area contributed by atoms with E-state index in [9.17, 15) is 4.79 Å². The third-order valence-corrected chi connectivity index (χ3v) is 3.78. The van der Waals surface area contributed by atoms with Gasteiger partial charge in [-0.1, -0.05) is 18.2 Å². The Bertz CT molecular complexity index is 625. The van der Waals surface area contributed by atoms with Gasteiger partial charge < -0.3 is 19.7 Å². The largest absolute Gasteiger partial charge is 0.490 e. The monoisotopic (exact) mass is 342 g/mol. The number of likely N-dealkylation sites (N-methyl/N-ethyl adjacent to an activating group) is 1. The number of nitrogens with one attached hydrogen (secondary N) is 1. The van der Waals surface area contributed by atoms with Crippen molar-refractivity contribution >= 4 is 11.6 Å². The van der Waals surface area contributed by atoms with Gasteiger partial charge in [-0.15, -0.1) is 0 Å². The molecule has 5 heteroatoms. The second-order valence-electron chi connectivity index (χ2n) is 5.45. The van der Waals surface area contributed by atoms with Crippen molar-refractivity contribution in [3.8, 4) is 11.5 Å². The van der Waals surface area contributed by atoms with Gasteiger partial charge in [-0.3, -0.25) is 4.79 Å². The van der Waals surface area contributed by atoms with Crippen LogP contribution in [0.25, 0.3) is 0 Å². The van der Waals surface area contributed by atoms with E-state index in [1.807, 2.05) is 68.4 Å². The summed E-state index contributed by atoms with van der Waals surface area (Å²) in [5, 5.41) is 3.14. The van der Waals surface area contributed by atoms with Crippen molar-refractivity contribution < 1.29 is 14.3 Å². The quantitative estimate of drug-likeness (QED) is 0.672. The fraction of sp³-hybridized carbons (Fsp3) is 0.350. The maximum atomic E-state index is 12.0. The number of hydrogen-bond acceptors (Lipinski definition) is 4. The third-order valence-electron chi connectivity index (χ3n) is 3.78. The normalized spacial score (nSPS) is 10.2. The van der Waals surface area contributed by atoms with Crippen LogP contribution in [0.2, 0.25) is 0 Å². The van der Waals surface area contributed by atoms with Crippen molar-refractivity contribution in [3.63, 3.8) is 0 Å². The molecule has 0 heterocycles. The summed E-state index contributed by atoms with van der Waals surface area (Å²) in [5.41, 5.74) is 0.897. The zero-order valence-corrected chi connectivity index (χ0v) is 14.9. The number of rotatable bonds is 10. The highest BCUT2D eigenvalue weighted by Gasteiger charge is 2.08. The molecule has 0 spiro atoms. The summed E-state index contributed by atoms with van der Waals surface area (Å²) in [4.78, 5) is 13.8. The molecule has 2 aromatic carbocycles. The summed E-state index contributed by atoms with van der Waals surface area (Å²) in [7, 11) is 0. The average Bonchev–Trinajstić information content (AvgIpc) is 2.66. The fourth-order valence-corrected chi connectivity index (χ4v) is 2.37. The maximum absolute atomic E-state index is 12.0. The SMILES string of the molecule is CCN(CC)C(=O)CNc1ccc(OCCOc2ccccc2)cc1. The Labute approximate surface area is 149 Å². The first kappa shape index (κ1) is 18.6. The van der Waals surface area contributed by atoms with Crippen LogP contribution in [-0.4, -0.2) is 43.7 Å². The Hall–Kier alpha value is -2.69. The van der Waals surface area contributed by atoms with E-state index in [-0.39, 0.29) is 5.91 Å². The minimum atomic E-state index is 0.100. The van der Waals surface area contributed by atoms with Gasteiger partial charge in [-0.2, -0.15) is 0 Å². The Kier molecular flexibility index (Phi) is 7.63. The Morgan fingerprint density at radius 1 is 0.880 bits per heavy atom. The number of anilines is 1. The average molecular weight is 342 g/mol. The first-order valence-electron chi connectivity index (χ1n) is 8.65. The van der Waals surface area contributed by atoms with Crippen molar-refractivity contribution in [1.29, 1.82) is 0 Å². The van der Waals surface area contributed by atoms with Crippen molar-refractivity contribution in [3.05, 3.63) is 54.6 Å². The standard InChI is InChI=1S/C20H26N2O3/c1-3-22(4-2)20(23)16-21-17-10-12-19(13-11-17)25-15-14-24-18-8-6-5-7-9-18/h5-13,21H,3-4,14-16H2,1-2H3. The molecule has 0 saturated heterocycles. The van der Waals surface area contributed by atoms with Crippen LogP contribution in [0.1, 0.15) is 13.8 Å². The summed E-state index contributed by atoms with van der Waals surface area (Å²) >= 11 is 0. The number of benzene rings is 2. The summed E-state index contributed by atoms with van der Waals surface area (Å²) in [5.74, 6) is 1.71. The molecule has 25 heavy (non-hydrogen) atoms. The van der Waals surface area contributed by atoms with Crippen molar-refractivity contribution in [1.82, 2.24) is 4.90 Å². The molecule has 2 aromatic rings. The van der Waals surface area contributed by atoms with E-state index < -0.39 is 0 Å². The number of para-hydroxylation sites is 1. The molecule has 0 aliphatic heterocycles. The molecule has 0 aliphatic carbocycles. The first-order valence-corrected chi connectivity index (χ1v) is 8.65. The minimum absolute atomic E-state index is 0.100. The zero-order valence-electron chi connectivity index (χ0n) is 14.9. The highest BCUT2D eigenvalue weighted by atomic mass is 16.5. The zero-order chi connectivity index (χ0) is 17.9. The van der Waals surface area contributed by atoms with Crippen LogP contribution in [0.15, 0.2) is 54.6 Å². The molecule has 0 aromatic heterocycles. The van der Waals surface area contributed by atoms with Gasteiger partial charge in [0.2, 0.25) is 5.91 Å². The van der Waals surface area contributed by atoms with E-state index in [4.69, 9.17) is 9.47 Å². The lowest BCUT2D eigenvalue weighted by Crippen LogP contribution is -2.35. The molecule has 1 amide bonds. The molecule has 0 atom stereocenters. The van der Waals surface area contributed by atoms with Gasteiger partial charge in [0.05, 0.1) is 6.54 Å². The van der Waals surface area contributed by atoms with E-state index in [1.165, 1.54) is 0 Å². The minimum Gasteiger partial charge on any atom is -0.490 e. The molecular formula is C20H26N2O3. The maximum Gasteiger partial charge on any atom is 0.241 e. The van der Waals surface area contributed by atoms with Gasteiger partial charge in [-0.05, 0) is 50.2 Å². The number of ether oxygens (including phenoxy) is 2. The van der Waals surface area contributed by atoms with Crippen molar-refractivity contribution in [2.45, 2.75) is 13.8 Å². The van der Waals surface area contributed by atoms with Crippen molar-refractivity contribution in [2.75, 3.05) is 38.2 Å². The van der Waals surface area contributed by atoms with E-state index in [0.29, 0.717) is 19.8 Å². The molecule has 0 bridgehead atoms. The van der Waals surface area contributed by atoms with Gasteiger partial charge in [0.25, 0.3) is 0 Å². The third kappa shape index (κ3) is 6.37. The highest BCUT2D eigenvalue weighted by Crippen LogP contribution is 2.16. The first-order chi connectivity index (χ1) is 12.2. The molecular weight excluding hydrogens is 316 g/mol. The fourth-order valence-electron chi connectivity index (χ4n) is 2.37. The second-order valence-corrected chi connectivity index (χ2v) is 5.45. The van der Waals surface area contributed by atoms with Crippen LogP contribution in [0.4, 0.5) is 5.69 Å². The summed E-state index contributed by atoms with van der Waals surface area (Å²) in [6, 6.07) is 17.2.